The molecule has 1 unspecified atom stereocenters. The number of hydrogen-bond acceptors (Lipinski definition) is 2. The molecule has 2 rings (SSSR count). The number of halogens is 2. The van der Waals surface area contributed by atoms with Gasteiger partial charge in [-0.3, -0.25) is 9.69 Å². The summed E-state index contributed by atoms with van der Waals surface area (Å²) in [6.07, 6.45) is 3.99. The monoisotopic (exact) mass is 285 g/mol. The minimum Gasteiger partial charge on any atom is -0.294 e. The maximum absolute atomic E-state index is 12.1. The molecule has 1 aliphatic rings. The highest BCUT2D eigenvalue weighted by molar-refractivity contribution is 6.30. The maximum Gasteiger partial charge on any atom is 0.165 e. The SMILES string of the molecule is O=C(CC(Cl)N1CCCCC1)c1ccc(Cl)cc1. The van der Waals surface area contributed by atoms with Gasteiger partial charge in [0, 0.05) is 17.0 Å². The van der Waals surface area contributed by atoms with Crippen LogP contribution in [0.4, 0.5) is 0 Å². The van der Waals surface area contributed by atoms with Gasteiger partial charge < -0.3 is 0 Å². The quantitative estimate of drug-likeness (QED) is 0.474. The number of alkyl halides is 1. The highest BCUT2D eigenvalue weighted by Crippen LogP contribution is 2.19. The van der Waals surface area contributed by atoms with Crippen molar-refractivity contribution >= 4 is 29.0 Å². The summed E-state index contributed by atoms with van der Waals surface area (Å²) < 4.78 is 0. The average molecular weight is 286 g/mol. The summed E-state index contributed by atoms with van der Waals surface area (Å²) in [5.74, 6) is 0.0808. The van der Waals surface area contributed by atoms with Gasteiger partial charge in [-0.25, -0.2) is 0 Å². The van der Waals surface area contributed by atoms with Gasteiger partial charge in [0.25, 0.3) is 0 Å². The topological polar surface area (TPSA) is 20.3 Å². The summed E-state index contributed by atoms with van der Waals surface area (Å²) in [7, 11) is 0. The standard InChI is InChI=1S/C14H17Cl2NO/c15-12-6-4-11(5-7-12)13(18)10-14(16)17-8-2-1-3-9-17/h4-7,14H,1-3,8-10H2. The molecule has 0 amide bonds. The number of carbonyl (C=O) groups excluding carboxylic acids is 1. The molecule has 0 radical (unpaired) electrons. The highest BCUT2D eigenvalue weighted by atomic mass is 35.5. The maximum atomic E-state index is 12.1. The summed E-state index contributed by atoms with van der Waals surface area (Å²) in [5.41, 5.74) is 0.496. The second-order valence-corrected chi connectivity index (χ2v) is 5.61. The molecule has 1 atom stereocenters. The number of likely N-dealkylation sites (tertiary alicyclic amines) is 1. The minimum absolute atomic E-state index is 0.0808. The summed E-state index contributed by atoms with van der Waals surface area (Å²) in [6, 6.07) is 6.98. The smallest absolute Gasteiger partial charge is 0.165 e. The zero-order valence-electron chi connectivity index (χ0n) is 10.2. The molecular formula is C14H17Cl2NO. The molecule has 0 aromatic heterocycles. The molecule has 0 spiro atoms. The van der Waals surface area contributed by atoms with Crippen LogP contribution < -0.4 is 0 Å². The molecule has 1 aromatic rings. The van der Waals surface area contributed by atoms with Crippen LogP contribution in [-0.2, 0) is 0 Å². The third kappa shape index (κ3) is 3.71. The Morgan fingerprint density at radius 2 is 1.78 bits per heavy atom. The van der Waals surface area contributed by atoms with E-state index in [9.17, 15) is 4.79 Å². The van der Waals surface area contributed by atoms with Crippen molar-refractivity contribution in [3.63, 3.8) is 0 Å². The van der Waals surface area contributed by atoms with Gasteiger partial charge in [0.05, 0.1) is 5.50 Å². The predicted octanol–water partition coefficient (Wildman–Crippen LogP) is 3.96. The Morgan fingerprint density at radius 1 is 1.17 bits per heavy atom. The highest BCUT2D eigenvalue weighted by Gasteiger charge is 2.21. The molecular weight excluding hydrogens is 269 g/mol. The van der Waals surface area contributed by atoms with E-state index < -0.39 is 0 Å². The van der Waals surface area contributed by atoms with Crippen molar-refractivity contribution in [3.8, 4) is 0 Å². The number of nitrogens with zero attached hydrogens (tertiary/aromatic N) is 1. The summed E-state index contributed by atoms with van der Waals surface area (Å²) in [4.78, 5) is 14.2. The van der Waals surface area contributed by atoms with E-state index in [1.165, 1.54) is 19.3 Å². The molecule has 1 aromatic carbocycles. The molecule has 0 N–H and O–H groups in total. The van der Waals surface area contributed by atoms with Crippen molar-refractivity contribution < 1.29 is 4.79 Å². The van der Waals surface area contributed by atoms with Crippen LogP contribution in [0, 0.1) is 0 Å². The molecule has 0 bridgehead atoms. The number of hydrogen-bond donors (Lipinski definition) is 0. The number of benzene rings is 1. The molecule has 0 aliphatic carbocycles. The molecule has 1 fully saturated rings. The first-order valence-corrected chi connectivity index (χ1v) is 7.15. The molecule has 18 heavy (non-hydrogen) atoms. The lowest BCUT2D eigenvalue weighted by atomic mass is 10.1. The fourth-order valence-corrected chi connectivity index (χ4v) is 2.70. The van der Waals surface area contributed by atoms with Gasteiger partial charge in [0.2, 0.25) is 0 Å². The Balaban J connectivity index is 1.91. The second-order valence-electron chi connectivity index (χ2n) is 4.67. The van der Waals surface area contributed by atoms with Gasteiger partial charge in [0.1, 0.15) is 0 Å². The van der Waals surface area contributed by atoms with Gasteiger partial charge in [-0.1, -0.05) is 18.0 Å². The lowest BCUT2D eigenvalue weighted by molar-refractivity contribution is 0.0944. The summed E-state index contributed by atoms with van der Waals surface area (Å²) >= 11 is 12.1. The predicted molar refractivity (Wildman–Crippen MR) is 75.5 cm³/mol. The minimum atomic E-state index is -0.187. The van der Waals surface area contributed by atoms with Crippen LogP contribution in [0.5, 0.6) is 0 Å². The van der Waals surface area contributed by atoms with Crippen molar-refractivity contribution in [2.45, 2.75) is 31.2 Å². The first kappa shape index (κ1) is 13.9. The molecule has 2 nitrogen and oxygen atoms in total. The van der Waals surface area contributed by atoms with E-state index in [0.717, 1.165) is 13.1 Å². The Labute approximate surface area is 118 Å². The molecule has 1 saturated heterocycles. The van der Waals surface area contributed by atoms with Crippen LogP contribution in [0.2, 0.25) is 5.02 Å². The largest absolute Gasteiger partial charge is 0.294 e. The van der Waals surface area contributed by atoms with Gasteiger partial charge in [-0.2, -0.15) is 0 Å². The fraction of sp³-hybridized carbons (Fsp3) is 0.500. The third-order valence-corrected chi connectivity index (χ3v) is 3.99. The lowest BCUT2D eigenvalue weighted by Gasteiger charge is -2.30. The zero-order chi connectivity index (χ0) is 13.0. The number of rotatable bonds is 4. The normalized spacial score (nSPS) is 18.6. The Bertz CT molecular complexity index is 399. The van der Waals surface area contributed by atoms with Gasteiger partial charge in [-0.05, 0) is 50.2 Å². The Hall–Kier alpha value is -0.570. The second kappa shape index (κ2) is 6.55. The summed E-state index contributed by atoms with van der Waals surface area (Å²) in [6.45, 7) is 2.00. The van der Waals surface area contributed by atoms with Crippen LogP contribution in [0.1, 0.15) is 36.0 Å². The molecule has 4 heteroatoms. The molecule has 1 aliphatic heterocycles. The summed E-state index contributed by atoms with van der Waals surface area (Å²) in [5, 5.41) is 0.644. The molecule has 1 heterocycles. The number of carbonyl (C=O) groups is 1. The third-order valence-electron chi connectivity index (χ3n) is 3.31. The van der Waals surface area contributed by atoms with E-state index in [0.29, 0.717) is 17.0 Å². The van der Waals surface area contributed by atoms with E-state index in [1.807, 2.05) is 0 Å². The van der Waals surface area contributed by atoms with Crippen LogP contribution in [0.15, 0.2) is 24.3 Å². The number of ketones is 1. The van der Waals surface area contributed by atoms with Crippen molar-refractivity contribution in [1.82, 2.24) is 4.90 Å². The van der Waals surface area contributed by atoms with Gasteiger partial charge in [0.15, 0.2) is 5.78 Å². The average Bonchev–Trinajstić information content (AvgIpc) is 2.40. The Morgan fingerprint density at radius 3 is 2.39 bits per heavy atom. The van der Waals surface area contributed by atoms with Gasteiger partial charge >= 0.3 is 0 Å². The zero-order valence-corrected chi connectivity index (χ0v) is 11.8. The molecule has 0 saturated carbocycles. The van der Waals surface area contributed by atoms with E-state index in [1.54, 1.807) is 24.3 Å². The van der Waals surface area contributed by atoms with Crippen molar-refractivity contribution in [1.29, 1.82) is 0 Å². The Kier molecular flexibility index (Phi) is 5.04. The van der Waals surface area contributed by atoms with E-state index in [-0.39, 0.29) is 11.3 Å². The van der Waals surface area contributed by atoms with Gasteiger partial charge in [-0.15, -0.1) is 11.6 Å². The first-order valence-electron chi connectivity index (χ1n) is 6.34. The van der Waals surface area contributed by atoms with E-state index in [4.69, 9.17) is 23.2 Å². The van der Waals surface area contributed by atoms with Crippen molar-refractivity contribution in [2.75, 3.05) is 13.1 Å². The number of Topliss-reactive ketones (excluding diaryl/α,β-unsaturated/α-hetero) is 1. The van der Waals surface area contributed by atoms with Crippen LogP contribution in [-0.4, -0.2) is 29.3 Å². The number of piperidine rings is 1. The first-order chi connectivity index (χ1) is 8.66. The fourth-order valence-electron chi connectivity index (χ4n) is 2.23. The van der Waals surface area contributed by atoms with Crippen molar-refractivity contribution in [2.24, 2.45) is 0 Å². The van der Waals surface area contributed by atoms with Crippen LogP contribution >= 0.6 is 23.2 Å². The lowest BCUT2D eigenvalue weighted by Crippen LogP contribution is -2.37. The van der Waals surface area contributed by atoms with Crippen LogP contribution in [0.3, 0.4) is 0 Å². The van der Waals surface area contributed by atoms with E-state index in [2.05, 4.69) is 4.90 Å². The molecule has 98 valence electrons. The van der Waals surface area contributed by atoms with E-state index >= 15 is 0 Å². The van der Waals surface area contributed by atoms with Crippen molar-refractivity contribution in [3.05, 3.63) is 34.9 Å². The van der Waals surface area contributed by atoms with Crippen LogP contribution in [0.25, 0.3) is 0 Å².